The molecule has 2 rings (SSSR count). The summed E-state index contributed by atoms with van der Waals surface area (Å²) in [5.41, 5.74) is 14.1. The van der Waals surface area contributed by atoms with Gasteiger partial charge < -0.3 is 21.1 Å². The Kier molecular flexibility index (Phi) is 4.33. The summed E-state index contributed by atoms with van der Waals surface area (Å²) in [6, 6.07) is 12.9. The van der Waals surface area contributed by atoms with Crippen molar-refractivity contribution in [1.82, 2.24) is 0 Å². The zero-order valence-corrected chi connectivity index (χ0v) is 12.2. The first-order chi connectivity index (χ1) is 10.0. The molecular formula is C16H19N3O2. The Hall–Kier alpha value is -2.69. The highest BCUT2D eigenvalue weighted by Gasteiger charge is 2.15. The molecule has 0 radical (unpaired) electrons. The van der Waals surface area contributed by atoms with Gasteiger partial charge >= 0.3 is 0 Å². The molecule has 0 aliphatic carbocycles. The summed E-state index contributed by atoms with van der Waals surface area (Å²) in [6.45, 7) is 0.610. The summed E-state index contributed by atoms with van der Waals surface area (Å²) in [4.78, 5) is 13.5. The van der Waals surface area contributed by atoms with Crippen LogP contribution in [0.4, 0.5) is 11.4 Å². The van der Waals surface area contributed by atoms with Crippen molar-refractivity contribution in [1.29, 1.82) is 0 Å². The fourth-order valence-electron chi connectivity index (χ4n) is 2.27. The molecule has 0 fully saturated rings. The molecule has 110 valence electrons. The standard InChI is InChI=1S/C16H19N3O2/c1-19(10-11-6-8-12(21-2)9-7-11)15-13(16(18)20)4-3-5-14(15)17/h3-9H,10,17H2,1-2H3,(H2,18,20). The Morgan fingerprint density at radius 1 is 1.19 bits per heavy atom. The van der Waals surface area contributed by atoms with Crippen LogP contribution in [0.5, 0.6) is 5.75 Å². The largest absolute Gasteiger partial charge is 0.497 e. The summed E-state index contributed by atoms with van der Waals surface area (Å²) in [7, 11) is 3.51. The number of benzene rings is 2. The maximum Gasteiger partial charge on any atom is 0.250 e. The molecule has 0 bridgehead atoms. The van der Waals surface area contributed by atoms with E-state index in [1.807, 2.05) is 36.2 Å². The fraction of sp³-hybridized carbons (Fsp3) is 0.188. The minimum absolute atomic E-state index is 0.422. The van der Waals surface area contributed by atoms with Crippen LogP contribution in [0, 0.1) is 0 Å². The molecule has 21 heavy (non-hydrogen) atoms. The first kappa shape index (κ1) is 14.7. The first-order valence-electron chi connectivity index (χ1n) is 6.55. The van der Waals surface area contributed by atoms with Gasteiger partial charge in [0.05, 0.1) is 24.0 Å². The van der Waals surface area contributed by atoms with Crippen LogP contribution in [0.25, 0.3) is 0 Å². The second-order valence-corrected chi connectivity index (χ2v) is 4.81. The maximum atomic E-state index is 11.5. The van der Waals surface area contributed by atoms with Crippen LogP contribution < -0.4 is 21.1 Å². The Labute approximate surface area is 124 Å². The maximum absolute atomic E-state index is 11.5. The van der Waals surface area contributed by atoms with Gasteiger partial charge in [0.15, 0.2) is 0 Å². The molecule has 5 heteroatoms. The molecule has 0 atom stereocenters. The average molecular weight is 285 g/mol. The van der Waals surface area contributed by atoms with E-state index in [0.717, 1.165) is 11.3 Å². The third kappa shape index (κ3) is 3.25. The molecule has 0 spiro atoms. The van der Waals surface area contributed by atoms with Crippen molar-refractivity contribution in [2.45, 2.75) is 6.54 Å². The minimum Gasteiger partial charge on any atom is -0.497 e. The molecule has 0 saturated heterocycles. The van der Waals surface area contributed by atoms with Gasteiger partial charge in [-0.3, -0.25) is 4.79 Å². The zero-order valence-electron chi connectivity index (χ0n) is 12.2. The van der Waals surface area contributed by atoms with E-state index in [2.05, 4.69) is 0 Å². The number of carbonyl (C=O) groups is 1. The number of amides is 1. The van der Waals surface area contributed by atoms with Crippen LogP contribution in [0.15, 0.2) is 42.5 Å². The quantitative estimate of drug-likeness (QED) is 0.823. The van der Waals surface area contributed by atoms with Crippen molar-refractivity contribution >= 4 is 17.3 Å². The lowest BCUT2D eigenvalue weighted by Gasteiger charge is -2.23. The summed E-state index contributed by atoms with van der Waals surface area (Å²) >= 11 is 0. The molecule has 0 aliphatic rings. The minimum atomic E-state index is -0.487. The predicted molar refractivity (Wildman–Crippen MR) is 84.5 cm³/mol. The van der Waals surface area contributed by atoms with E-state index in [4.69, 9.17) is 16.2 Å². The molecule has 5 nitrogen and oxygen atoms in total. The number of anilines is 2. The van der Waals surface area contributed by atoms with Crippen molar-refractivity contribution in [3.8, 4) is 5.75 Å². The number of hydrogen-bond donors (Lipinski definition) is 2. The predicted octanol–water partition coefficient (Wildman–Crippen LogP) is 2.01. The van der Waals surface area contributed by atoms with E-state index < -0.39 is 5.91 Å². The van der Waals surface area contributed by atoms with Crippen LogP contribution >= 0.6 is 0 Å². The van der Waals surface area contributed by atoms with Gasteiger partial charge in [0.25, 0.3) is 5.91 Å². The Bertz CT molecular complexity index is 638. The number of nitrogens with two attached hydrogens (primary N) is 2. The third-order valence-corrected chi connectivity index (χ3v) is 3.29. The van der Waals surface area contributed by atoms with Crippen molar-refractivity contribution in [3.63, 3.8) is 0 Å². The molecule has 2 aromatic rings. The van der Waals surface area contributed by atoms with E-state index in [-0.39, 0.29) is 0 Å². The van der Waals surface area contributed by atoms with E-state index >= 15 is 0 Å². The smallest absolute Gasteiger partial charge is 0.250 e. The van der Waals surface area contributed by atoms with Crippen molar-refractivity contribution < 1.29 is 9.53 Å². The Morgan fingerprint density at radius 2 is 1.86 bits per heavy atom. The summed E-state index contributed by atoms with van der Waals surface area (Å²) in [5.74, 6) is 0.317. The number of carbonyl (C=O) groups excluding carboxylic acids is 1. The molecule has 1 amide bonds. The first-order valence-corrected chi connectivity index (χ1v) is 6.55. The number of hydrogen-bond acceptors (Lipinski definition) is 4. The third-order valence-electron chi connectivity index (χ3n) is 3.29. The zero-order chi connectivity index (χ0) is 15.4. The number of rotatable bonds is 5. The lowest BCUT2D eigenvalue weighted by Crippen LogP contribution is -2.23. The number of nitrogen functional groups attached to an aromatic ring is 1. The van der Waals surface area contributed by atoms with Gasteiger partial charge in [0.2, 0.25) is 0 Å². The lowest BCUT2D eigenvalue weighted by molar-refractivity contribution is 0.100. The molecule has 4 N–H and O–H groups in total. The Balaban J connectivity index is 2.27. The second-order valence-electron chi connectivity index (χ2n) is 4.81. The molecule has 0 saturated carbocycles. The molecule has 0 aliphatic heterocycles. The Morgan fingerprint density at radius 3 is 2.43 bits per heavy atom. The number of primary amides is 1. The monoisotopic (exact) mass is 285 g/mol. The highest BCUT2D eigenvalue weighted by atomic mass is 16.5. The lowest BCUT2D eigenvalue weighted by atomic mass is 10.1. The average Bonchev–Trinajstić information content (AvgIpc) is 2.47. The molecule has 0 unspecified atom stereocenters. The molecule has 0 aromatic heterocycles. The number of ether oxygens (including phenoxy) is 1. The van der Waals surface area contributed by atoms with Crippen molar-refractivity contribution in [3.05, 3.63) is 53.6 Å². The summed E-state index contributed by atoms with van der Waals surface area (Å²) < 4.78 is 5.13. The normalized spacial score (nSPS) is 10.2. The highest BCUT2D eigenvalue weighted by molar-refractivity contribution is 6.01. The summed E-state index contributed by atoms with van der Waals surface area (Å²) in [5, 5.41) is 0. The van der Waals surface area contributed by atoms with Crippen LogP contribution in [0.3, 0.4) is 0 Å². The van der Waals surface area contributed by atoms with Gasteiger partial charge in [-0.2, -0.15) is 0 Å². The van der Waals surface area contributed by atoms with Gasteiger partial charge in [0.1, 0.15) is 5.75 Å². The topological polar surface area (TPSA) is 81.6 Å². The van der Waals surface area contributed by atoms with Crippen LogP contribution in [0.1, 0.15) is 15.9 Å². The van der Waals surface area contributed by atoms with E-state index in [1.165, 1.54) is 0 Å². The number of methoxy groups -OCH3 is 1. The molecule has 2 aromatic carbocycles. The van der Waals surface area contributed by atoms with Gasteiger partial charge in [-0.15, -0.1) is 0 Å². The second kappa shape index (κ2) is 6.17. The number of nitrogens with zero attached hydrogens (tertiary/aromatic N) is 1. The van der Waals surface area contributed by atoms with Gasteiger partial charge in [-0.05, 0) is 29.8 Å². The molecular weight excluding hydrogens is 266 g/mol. The van der Waals surface area contributed by atoms with Gasteiger partial charge in [-0.25, -0.2) is 0 Å². The van der Waals surface area contributed by atoms with Gasteiger partial charge in [-0.1, -0.05) is 18.2 Å². The highest BCUT2D eigenvalue weighted by Crippen LogP contribution is 2.28. The van der Waals surface area contributed by atoms with Crippen LogP contribution in [-0.4, -0.2) is 20.1 Å². The van der Waals surface area contributed by atoms with Crippen molar-refractivity contribution in [2.24, 2.45) is 5.73 Å². The fourth-order valence-corrected chi connectivity index (χ4v) is 2.27. The summed E-state index contributed by atoms with van der Waals surface area (Å²) in [6.07, 6.45) is 0. The van der Waals surface area contributed by atoms with E-state index in [9.17, 15) is 4.79 Å². The van der Waals surface area contributed by atoms with Crippen molar-refractivity contribution in [2.75, 3.05) is 24.8 Å². The van der Waals surface area contributed by atoms with Gasteiger partial charge in [0, 0.05) is 13.6 Å². The van der Waals surface area contributed by atoms with Crippen LogP contribution in [-0.2, 0) is 6.54 Å². The SMILES string of the molecule is COc1ccc(CN(C)c2c(N)cccc2C(N)=O)cc1. The van der Waals surface area contributed by atoms with Crippen LogP contribution in [0.2, 0.25) is 0 Å². The number of para-hydroxylation sites is 1. The van der Waals surface area contributed by atoms with E-state index in [1.54, 1.807) is 25.3 Å². The molecule has 0 heterocycles. The van der Waals surface area contributed by atoms with E-state index in [0.29, 0.717) is 23.5 Å².